The number of carbonyl (C=O) groups excluding carboxylic acids is 2. The number of ketones is 1. The lowest BCUT2D eigenvalue weighted by Gasteiger charge is -2.16. The molecule has 0 fully saturated rings. The molecule has 5 aromatic rings. The second kappa shape index (κ2) is 10.1. The Kier molecular flexibility index (Phi) is 6.43. The molecule has 202 valence electrons. The standard InChI is InChI=1S/C31H27FN4O4/c1-35(2)12-14-40-31(38)29-27(21-8-4-6-10-25(21)37)28-24(16-22(32)20-11-13-39-30(20)28)36(29)17-18-15-26(33)34-23-9-5-3-7-19(18)23/h3-9,11,13,15-16H,10,12,14,17H2,1-2H3,(H2,33,34). The number of benzene rings is 2. The predicted octanol–water partition coefficient (Wildman–Crippen LogP) is 5.34. The lowest BCUT2D eigenvalue weighted by atomic mass is 9.93. The molecule has 0 saturated carbocycles. The number of allylic oxidation sites excluding steroid dienone is 4. The smallest absolute Gasteiger partial charge is 0.355 e. The van der Waals surface area contributed by atoms with Gasteiger partial charge in [0.2, 0.25) is 0 Å². The van der Waals surface area contributed by atoms with Crippen molar-refractivity contribution in [1.29, 1.82) is 0 Å². The Bertz CT molecular complexity index is 1880. The molecule has 1 aliphatic carbocycles. The highest BCUT2D eigenvalue weighted by atomic mass is 19.1. The molecule has 3 aromatic heterocycles. The zero-order valence-electron chi connectivity index (χ0n) is 22.1. The molecule has 0 bridgehead atoms. The summed E-state index contributed by atoms with van der Waals surface area (Å²) in [5, 5.41) is 1.57. The summed E-state index contributed by atoms with van der Waals surface area (Å²) in [6.45, 7) is 0.786. The fraction of sp³-hybridized carbons (Fsp3) is 0.194. The number of pyridine rings is 1. The minimum absolute atomic E-state index is 0.134. The lowest BCUT2D eigenvalue weighted by Crippen LogP contribution is -2.22. The fourth-order valence-corrected chi connectivity index (χ4v) is 5.27. The summed E-state index contributed by atoms with van der Waals surface area (Å²) >= 11 is 0. The Balaban J connectivity index is 1.68. The van der Waals surface area contributed by atoms with Crippen molar-refractivity contribution in [2.24, 2.45) is 0 Å². The van der Waals surface area contributed by atoms with Crippen LogP contribution < -0.4 is 5.73 Å². The Labute approximate surface area is 229 Å². The largest absolute Gasteiger partial charge is 0.463 e. The van der Waals surface area contributed by atoms with Gasteiger partial charge in [-0.15, -0.1) is 0 Å². The van der Waals surface area contributed by atoms with E-state index in [1.807, 2.05) is 43.3 Å². The fourth-order valence-electron chi connectivity index (χ4n) is 5.27. The van der Waals surface area contributed by atoms with Crippen LogP contribution >= 0.6 is 0 Å². The van der Waals surface area contributed by atoms with Crippen molar-refractivity contribution in [3.63, 3.8) is 0 Å². The van der Waals surface area contributed by atoms with Gasteiger partial charge >= 0.3 is 5.97 Å². The van der Waals surface area contributed by atoms with Gasteiger partial charge < -0.3 is 24.4 Å². The number of anilines is 1. The van der Waals surface area contributed by atoms with E-state index < -0.39 is 11.8 Å². The van der Waals surface area contributed by atoms with E-state index in [1.165, 1.54) is 18.4 Å². The van der Waals surface area contributed by atoms with Gasteiger partial charge in [-0.3, -0.25) is 4.79 Å². The van der Waals surface area contributed by atoms with Crippen molar-refractivity contribution >= 4 is 55.9 Å². The number of para-hydroxylation sites is 1. The number of nitrogens with zero attached hydrogens (tertiary/aromatic N) is 3. The van der Waals surface area contributed by atoms with Crippen molar-refractivity contribution in [2.45, 2.75) is 13.0 Å². The van der Waals surface area contributed by atoms with E-state index in [0.717, 1.165) is 10.9 Å². The van der Waals surface area contributed by atoms with Crippen molar-refractivity contribution in [3.8, 4) is 0 Å². The van der Waals surface area contributed by atoms with Crippen LogP contribution in [0.25, 0.3) is 38.3 Å². The van der Waals surface area contributed by atoms with Gasteiger partial charge in [0.05, 0.1) is 28.1 Å². The molecule has 0 spiro atoms. The number of carbonyl (C=O) groups is 2. The van der Waals surface area contributed by atoms with Crippen LogP contribution in [0.2, 0.25) is 0 Å². The Morgan fingerprint density at radius 1 is 1.20 bits per heavy atom. The van der Waals surface area contributed by atoms with Crippen LogP contribution in [0.3, 0.4) is 0 Å². The average molecular weight is 539 g/mol. The lowest BCUT2D eigenvalue weighted by molar-refractivity contribution is -0.113. The normalized spacial score (nSPS) is 13.6. The summed E-state index contributed by atoms with van der Waals surface area (Å²) in [7, 11) is 3.76. The van der Waals surface area contributed by atoms with Gasteiger partial charge in [-0.05, 0) is 43.9 Å². The van der Waals surface area contributed by atoms with E-state index in [9.17, 15) is 9.59 Å². The van der Waals surface area contributed by atoms with Crippen LogP contribution in [-0.4, -0.2) is 53.5 Å². The summed E-state index contributed by atoms with van der Waals surface area (Å²) in [4.78, 5) is 33.4. The molecule has 6 rings (SSSR count). The summed E-state index contributed by atoms with van der Waals surface area (Å²) in [5.74, 6) is -0.971. The number of esters is 1. The Morgan fingerprint density at radius 2 is 2.02 bits per heavy atom. The molecule has 2 aromatic carbocycles. The van der Waals surface area contributed by atoms with E-state index in [4.69, 9.17) is 14.9 Å². The van der Waals surface area contributed by atoms with Gasteiger partial charge in [0, 0.05) is 36.0 Å². The number of fused-ring (bicyclic) bond motifs is 4. The maximum Gasteiger partial charge on any atom is 0.355 e. The van der Waals surface area contributed by atoms with Crippen LogP contribution in [0.4, 0.5) is 10.2 Å². The number of halogens is 1. The SMILES string of the molecule is CN(C)CCOC(=O)c1c(C2=CC=CCC2=O)c2c3occc3c(F)cc2n1Cc1cc(N)nc2ccccc12. The molecule has 1 aliphatic rings. The van der Waals surface area contributed by atoms with Crippen LogP contribution in [-0.2, 0) is 16.1 Å². The first kappa shape index (κ1) is 25.5. The van der Waals surface area contributed by atoms with Gasteiger partial charge in [-0.25, -0.2) is 14.2 Å². The number of Topliss-reactive ketones (excluding diaryl/α,β-unsaturated/α-hetero) is 1. The molecule has 0 atom stereocenters. The van der Waals surface area contributed by atoms with E-state index in [2.05, 4.69) is 4.98 Å². The van der Waals surface area contributed by atoms with Crippen molar-refractivity contribution in [1.82, 2.24) is 14.5 Å². The Morgan fingerprint density at radius 3 is 2.83 bits per heavy atom. The molecule has 0 saturated heterocycles. The first-order valence-electron chi connectivity index (χ1n) is 12.9. The van der Waals surface area contributed by atoms with Crippen LogP contribution in [0.1, 0.15) is 28.0 Å². The highest BCUT2D eigenvalue weighted by molar-refractivity contribution is 6.29. The summed E-state index contributed by atoms with van der Waals surface area (Å²) in [6, 6.07) is 12.2. The van der Waals surface area contributed by atoms with Crippen molar-refractivity contribution < 1.29 is 23.1 Å². The molecule has 3 heterocycles. The van der Waals surface area contributed by atoms with E-state index >= 15 is 4.39 Å². The van der Waals surface area contributed by atoms with E-state index in [1.54, 1.807) is 28.9 Å². The number of hydrogen-bond donors (Lipinski definition) is 1. The monoisotopic (exact) mass is 538 g/mol. The molecular formula is C31H27FN4O4. The number of hydrogen-bond acceptors (Lipinski definition) is 7. The van der Waals surface area contributed by atoms with E-state index in [-0.39, 0.29) is 42.0 Å². The third kappa shape index (κ3) is 4.34. The van der Waals surface area contributed by atoms with Crippen LogP contribution in [0.15, 0.2) is 71.4 Å². The van der Waals surface area contributed by atoms with Crippen LogP contribution in [0.5, 0.6) is 0 Å². The second-order valence-electron chi connectivity index (χ2n) is 10.0. The molecule has 8 nitrogen and oxygen atoms in total. The molecule has 0 unspecified atom stereocenters. The molecule has 0 amide bonds. The van der Waals surface area contributed by atoms with Gasteiger partial charge in [-0.2, -0.15) is 0 Å². The zero-order valence-corrected chi connectivity index (χ0v) is 22.1. The number of furan rings is 1. The van der Waals surface area contributed by atoms with Crippen molar-refractivity contribution in [3.05, 3.63) is 89.6 Å². The van der Waals surface area contributed by atoms with Crippen LogP contribution in [0, 0.1) is 5.82 Å². The minimum atomic E-state index is -0.622. The predicted molar refractivity (Wildman–Crippen MR) is 153 cm³/mol. The van der Waals surface area contributed by atoms with Gasteiger partial charge in [0.15, 0.2) is 5.78 Å². The van der Waals surface area contributed by atoms with Gasteiger partial charge in [-0.1, -0.05) is 36.4 Å². The van der Waals surface area contributed by atoms with Gasteiger partial charge in [0.25, 0.3) is 0 Å². The number of nitrogen functional groups attached to an aromatic ring is 1. The number of aromatic nitrogens is 2. The Hall–Kier alpha value is -4.76. The maximum atomic E-state index is 15.4. The minimum Gasteiger partial charge on any atom is -0.463 e. The highest BCUT2D eigenvalue weighted by Gasteiger charge is 2.32. The number of rotatable bonds is 7. The topological polar surface area (TPSA) is 104 Å². The number of ether oxygens (including phenoxy) is 1. The third-order valence-electron chi connectivity index (χ3n) is 7.10. The molecule has 2 N–H and O–H groups in total. The first-order valence-corrected chi connectivity index (χ1v) is 12.9. The third-order valence-corrected chi connectivity index (χ3v) is 7.10. The number of nitrogens with two attached hydrogens (primary N) is 1. The molecule has 9 heteroatoms. The zero-order chi connectivity index (χ0) is 28.0. The van der Waals surface area contributed by atoms with Gasteiger partial charge in [0.1, 0.15) is 29.5 Å². The summed E-state index contributed by atoms with van der Waals surface area (Å²) in [5.41, 5.74) is 9.14. The highest BCUT2D eigenvalue weighted by Crippen LogP contribution is 2.41. The first-order chi connectivity index (χ1) is 19.3. The summed E-state index contributed by atoms with van der Waals surface area (Å²) in [6.07, 6.45) is 6.80. The molecule has 0 radical (unpaired) electrons. The second-order valence-corrected chi connectivity index (χ2v) is 10.0. The molecule has 40 heavy (non-hydrogen) atoms. The molecular weight excluding hydrogens is 511 g/mol. The maximum absolute atomic E-state index is 15.4. The quantitative estimate of drug-likeness (QED) is 0.279. The summed E-state index contributed by atoms with van der Waals surface area (Å²) < 4.78 is 28.6. The van der Waals surface area contributed by atoms with E-state index in [0.29, 0.717) is 39.9 Å². The molecule has 0 aliphatic heterocycles. The van der Waals surface area contributed by atoms with Crippen molar-refractivity contribution in [2.75, 3.05) is 33.0 Å². The number of likely N-dealkylation sites (N-methyl/N-ethyl adjacent to an activating group) is 1. The average Bonchev–Trinajstić information content (AvgIpc) is 3.53.